The molecule has 1 aromatic carbocycles. The van der Waals surface area contributed by atoms with Gasteiger partial charge in [0, 0.05) is 31.2 Å². The molecule has 27 heavy (non-hydrogen) atoms. The Morgan fingerprint density at radius 3 is 2.44 bits per heavy atom. The van der Waals surface area contributed by atoms with Gasteiger partial charge in [-0.05, 0) is 19.1 Å². The summed E-state index contributed by atoms with van der Waals surface area (Å²) in [5, 5.41) is 14.2. The molecule has 10 heteroatoms. The first-order valence-electron chi connectivity index (χ1n) is 8.27. The van der Waals surface area contributed by atoms with E-state index < -0.39 is 0 Å². The number of nitrogens with one attached hydrogen (secondary N) is 2. The van der Waals surface area contributed by atoms with Crippen LogP contribution in [0.15, 0.2) is 18.2 Å². The summed E-state index contributed by atoms with van der Waals surface area (Å²) in [7, 11) is 3.02. The fourth-order valence-corrected chi connectivity index (χ4v) is 2.76. The first-order valence-corrected chi connectivity index (χ1v) is 9.08. The monoisotopic (exact) mass is 394 g/mol. The number of hydrogen-bond donors (Lipinski definition) is 2. The molecule has 0 aliphatic rings. The Morgan fingerprint density at radius 1 is 1.11 bits per heavy atom. The molecule has 0 aliphatic carbocycles. The highest BCUT2D eigenvalue weighted by molar-refractivity contribution is 7.15. The van der Waals surface area contributed by atoms with E-state index in [1.54, 1.807) is 18.2 Å². The van der Waals surface area contributed by atoms with Crippen molar-refractivity contribution in [2.45, 2.75) is 20.0 Å². The van der Waals surface area contributed by atoms with Crippen molar-refractivity contribution in [3.8, 4) is 11.5 Å². The summed E-state index contributed by atoms with van der Waals surface area (Å²) in [6.45, 7) is 3.01. The first-order chi connectivity index (χ1) is 13.0. The molecule has 0 atom stereocenters. The Kier molecular flexibility index (Phi) is 7.96. The predicted octanol–water partition coefficient (Wildman–Crippen LogP) is 1.85. The Morgan fingerprint density at radius 2 is 1.81 bits per heavy atom. The number of ether oxygens (including phenoxy) is 3. The van der Waals surface area contributed by atoms with Gasteiger partial charge in [0.25, 0.3) is 5.91 Å². The molecule has 146 valence electrons. The molecule has 2 N–H and O–H groups in total. The molecule has 0 radical (unpaired) electrons. The van der Waals surface area contributed by atoms with Gasteiger partial charge in [-0.2, -0.15) is 0 Å². The van der Waals surface area contributed by atoms with Crippen LogP contribution < -0.4 is 20.1 Å². The highest BCUT2D eigenvalue weighted by Gasteiger charge is 2.12. The summed E-state index contributed by atoms with van der Waals surface area (Å²) in [5.74, 6) is 0.431. The van der Waals surface area contributed by atoms with Crippen LogP contribution in [-0.4, -0.2) is 49.4 Å². The van der Waals surface area contributed by atoms with Gasteiger partial charge in [-0.25, -0.2) is 0 Å². The number of aromatic nitrogens is 2. The lowest BCUT2D eigenvalue weighted by molar-refractivity contribution is -0.116. The van der Waals surface area contributed by atoms with Crippen molar-refractivity contribution >= 4 is 28.3 Å². The molecule has 0 bridgehead atoms. The Labute approximate surface area is 161 Å². The zero-order chi connectivity index (χ0) is 19.6. The molecule has 0 unspecified atom stereocenters. The quantitative estimate of drug-likeness (QED) is 0.632. The highest BCUT2D eigenvalue weighted by Crippen LogP contribution is 2.22. The van der Waals surface area contributed by atoms with Crippen molar-refractivity contribution in [3.05, 3.63) is 28.8 Å². The zero-order valence-corrected chi connectivity index (χ0v) is 16.2. The lowest BCUT2D eigenvalue weighted by Crippen LogP contribution is -2.27. The van der Waals surface area contributed by atoms with Gasteiger partial charge >= 0.3 is 0 Å². The number of hydrogen-bond acceptors (Lipinski definition) is 8. The first kappa shape index (κ1) is 20.6. The average Bonchev–Trinajstić information content (AvgIpc) is 3.12. The molecular formula is C17H22N4O5S. The third-order valence-electron chi connectivity index (χ3n) is 3.39. The Balaban J connectivity index is 1.80. The van der Waals surface area contributed by atoms with Gasteiger partial charge in [-0.15, -0.1) is 10.2 Å². The lowest BCUT2D eigenvalue weighted by atomic mass is 10.2. The number of benzene rings is 1. The number of carbonyl (C=O) groups is 2. The van der Waals surface area contributed by atoms with Crippen LogP contribution in [0.3, 0.4) is 0 Å². The minimum absolute atomic E-state index is 0.104. The van der Waals surface area contributed by atoms with Crippen molar-refractivity contribution in [3.63, 3.8) is 0 Å². The standard InChI is InChI=1S/C17H22N4O5S/c1-4-26-10-15-20-21-17(27-15)19-14(22)5-6-18-16(23)11-7-12(24-2)9-13(8-11)25-3/h7-9H,4-6,10H2,1-3H3,(H,18,23)(H,19,21,22). The van der Waals surface area contributed by atoms with Crippen LogP contribution in [0.25, 0.3) is 0 Å². The summed E-state index contributed by atoms with van der Waals surface area (Å²) < 4.78 is 15.5. The van der Waals surface area contributed by atoms with Crippen molar-refractivity contribution in [2.75, 3.05) is 32.7 Å². The average molecular weight is 394 g/mol. The van der Waals surface area contributed by atoms with Crippen LogP contribution in [0.4, 0.5) is 5.13 Å². The lowest BCUT2D eigenvalue weighted by Gasteiger charge is -2.09. The molecule has 2 aromatic rings. The smallest absolute Gasteiger partial charge is 0.251 e. The second-order valence-corrected chi connectivity index (χ2v) is 6.36. The molecule has 1 heterocycles. The summed E-state index contributed by atoms with van der Waals surface area (Å²) in [6, 6.07) is 4.87. The van der Waals surface area contributed by atoms with Crippen molar-refractivity contribution in [1.82, 2.24) is 15.5 Å². The van der Waals surface area contributed by atoms with E-state index in [-0.39, 0.29) is 24.8 Å². The van der Waals surface area contributed by atoms with Crippen molar-refractivity contribution in [1.29, 1.82) is 0 Å². The van der Waals surface area contributed by atoms with Gasteiger partial charge in [-0.3, -0.25) is 9.59 Å². The summed E-state index contributed by atoms with van der Waals surface area (Å²) in [4.78, 5) is 24.2. The predicted molar refractivity (Wildman–Crippen MR) is 100 cm³/mol. The number of carbonyl (C=O) groups excluding carboxylic acids is 2. The maximum atomic E-state index is 12.2. The van der Waals surface area contributed by atoms with Crippen LogP contribution in [0.1, 0.15) is 28.7 Å². The largest absolute Gasteiger partial charge is 0.497 e. The molecule has 2 amide bonds. The second-order valence-electron chi connectivity index (χ2n) is 5.29. The van der Waals surface area contributed by atoms with E-state index in [1.807, 2.05) is 6.92 Å². The third-order valence-corrected chi connectivity index (χ3v) is 4.21. The number of anilines is 1. The van der Waals surface area contributed by atoms with E-state index >= 15 is 0 Å². The molecule has 0 fully saturated rings. The second kappa shape index (κ2) is 10.4. The van der Waals surface area contributed by atoms with Gasteiger partial charge in [0.2, 0.25) is 11.0 Å². The molecule has 0 aliphatic heterocycles. The third kappa shape index (κ3) is 6.50. The normalized spacial score (nSPS) is 10.3. The highest BCUT2D eigenvalue weighted by atomic mass is 32.1. The molecule has 9 nitrogen and oxygen atoms in total. The van der Waals surface area contributed by atoms with E-state index in [0.29, 0.717) is 40.4 Å². The van der Waals surface area contributed by atoms with E-state index in [0.717, 1.165) is 0 Å². The van der Waals surface area contributed by atoms with E-state index in [4.69, 9.17) is 14.2 Å². The minimum atomic E-state index is -0.324. The van der Waals surface area contributed by atoms with Crippen LogP contribution in [0.2, 0.25) is 0 Å². The van der Waals surface area contributed by atoms with E-state index in [1.165, 1.54) is 25.6 Å². The summed E-state index contributed by atoms with van der Waals surface area (Å²) in [6.07, 6.45) is 0.104. The molecule has 0 saturated heterocycles. The topological polar surface area (TPSA) is 112 Å². The molecule has 1 aromatic heterocycles. The molecule has 0 saturated carbocycles. The number of methoxy groups -OCH3 is 2. The fourth-order valence-electron chi connectivity index (χ4n) is 2.06. The SMILES string of the molecule is CCOCc1nnc(NC(=O)CCNC(=O)c2cc(OC)cc(OC)c2)s1. The van der Waals surface area contributed by atoms with Crippen LogP contribution in [0.5, 0.6) is 11.5 Å². The van der Waals surface area contributed by atoms with Gasteiger partial charge in [0.1, 0.15) is 23.1 Å². The van der Waals surface area contributed by atoms with Gasteiger partial charge in [0.15, 0.2) is 0 Å². The Hall–Kier alpha value is -2.72. The Bertz CT molecular complexity index is 758. The van der Waals surface area contributed by atoms with E-state index in [9.17, 15) is 9.59 Å². The summed E-state index contributed by atoms with van der Waals surface area (Å²) in [5.41, 5.74) is 0.385. The minimum Gasteiger partial charge on any atom is -0.497 e. The molecular weight excluding hydrogens is 372 g/mol. The van der Waals surface area contributed by atoms with E-state index in [2.05, 4.69) is 20.8 Å². The number of amides is 2. The maximum Gasteiger partial charge on any atom is 0.251 e. The molecule has 2 rings (SSSR count). The van der Waals surface area contributed by atoms with Crippen LogP contribution >= 0.6 is 11.3 Å². The van der Waals surface area contributed by atoms with Crippen molar-refractivity contribution in [2.24, 2.45) is 0 Å². The summed E-state index contributed by atoms with van der Waals surface area (Å²) >= 11 is 1.25. The maximum absolute atomic E-state index is 12.2. The van der Waals surface area contributed by atoms with Gasteiger partial charge < -0.3 is 24.8 Å². The fraction of sp³-hybridized carbons (Fsp3) is 0.412. The molecule has 0 spiro atoms. The van der Waals surface area contributed by atoms with Gasteiger partial charge in [-0.1, -0.05) is 11.3 Å². The zero-order valence-electron chi connectivity index (χ0n) is 15.4. The number of rotatable bonds is 10. The van der Waals surface area contributed by atoms with Crippen LogP contribution in [0, 0.1) is 0 Å². The van der Waals surface area contributed by atoms with Crippen LogP contribution in [-0.2, 0) is 16.1 Å². The van der Waals surface area contributed by atoms with Gasteiger partial charge in [0.05, 0.1) is 14.2 Å². The van der Waals surface area contributed by atoms with Crippen molar-refractivity contribution < 1.29 is 23.8 Å². The number of nitrogens with zero attached hydrogens (tertiary/aromatic N) is 2.